The zero-order valence-corrected chi connectivity index (χ0v) is 13.9. The van der Waals surface area contributed by atoms with E-state index in [1.165, 1.54) is 16.6 Å². The number of pyridine rings is 1. The molecule has 0 amide bonds. The van der Waals surface area contributed by atoms with Crippen molar-refractivity contribution in [3.05, 3.63) is 23.9 Å². The zero-order chi connectivity index (χ0) is 15.2. The predicted molar refractivity (Wildman–Crippen MR) is 82.3 cm³/mol. The molecule has 0 bridgehead atoms. The lowest BCUT2D eigenvalue weighted by molar-refractivity contribution is 0.338. The number of hydrogen-bond acceptors (Lipinski definition) is 3. The Bertz CT molecular complexity index is 498. The summed E-state index contributed by atoms with van der Waals surface area (Å²) in [5, 5.41) is 0.0965. The van der Waals surface area contributed by atoms with E-state index < -0.39 is 10.0 Å². The van der Waals surface area contributed by atoms with Gasteiger partial charge in [-0.25, -0.2) is 13.4 Å². The van der Waals surface area contributed by atoms with Crippen molar-refractivity contribution < 1.29 is 8.42 Å². The number of nitrogens with zero attached hydrogens (tertiary/aromatic N) is 2. The molecular formula is C14H23ClN2O2S. The third kappa shape index (κ3) is 4.17. The van der Waals surface area contributed by atoms with Crippen LogP contribution in [-0.4, -0.2) is 30.8 Å². The van der Waals surface area contributed by atoms with E-state index in [9.17, 15) is 8.42 Å². The normalized spacial score (nSPS) is 12.3. The molecule has 0 saturated carbocycles. The van der Waals surface area contributed by atoms with E-state index in [4.69, 9.17) is 11.6 Å². The third-order valence-electron chi connectivity index (χ3n) is 3.53. The van der Waals surface area contributed by atoms with Crippen LogP contribution in [0.1, 0.15) is 39.2 Å². The summed E-state index contributed by atoms with van der Waals surface area (Å²) >= 11 is 5.69. The molecule has 114 valence electrons. The summed E-state index contributed by atoms with van der Waals surface area (Å²) in [5.74, 6) is 0.713. The molecule has 0 fully saturated rings. The first-order valence-corrected chi connectivity index (χ1v) is 8.98. The lowest BCUT2D eigenvalue weighted by atomic mass is 10.0. The minimum atomic E-state index is -3.51. The van der Waals surface area contributed by atoms with Crippen LogP contribution in [0.4, 0.5) is 0 Å². The van der Waals surface area contributed by atoms with E-state index in [2.05, 4.69) is 18.8 Å². The van der Waals surface area contributed by atoms with Crippen LogP contribution in [0.2, 0.25) is 0 Å². The van der Waals surface area contributed by atoms with Gasteiger partial charge in [0.15, 0.2) is 5.03 Å². The second-order valence-corrected chi connectivity index (χ2v) is 6.93. The van der Waals surface area contributed by atoms with E-state index in [-0.39, 0.29) is 5.03 Å². The van der Waals surface area contributed by atoms with Crippen molar-refractivity contribution in [2.45, 2.75) is 44.5 Å². The average molecular weight is 319 g/mol. The fourth-order valence-electron chi connectivity index (χ4n) is 2.01. The van der Waals surface area contributed by atoms with Crippen molar-refractivity contribution in [1.29, 1.82) is 0 Å². The summed E-state index contributed by atoms with van der Waals surface area (Å²) in [6, 6.07) is 3.24. The summed E-state index contributed by atoms with van der Waals surface area (Å²) in [6.45, 7) is 7.03. The van der Waals surface area contributed by atoms with Gasteiger partial charge in [-0.1, -0.05) is 39.7 Å². The standard InChI is InChI=1S/C14H23ClN2O2S/c1-4-12(5-2)11-17(6-3)20(18,19)14-8-7-13(9-15)10-16-14/h7-8,10,12H,4-6,9,11H2,1-3H3. The maximum absolute atomic E-state index is 12.6. The molecule has 0 N–H and O–H groups in total. The largest absolute Gasteiger partial charge is 0.260 e. The molecule has 20 heavy (non-hydrogen) atoms. The summed E-state index contributed by atoms with van der Waals surface area (Å²) in [6.07, 6.45) is 3.47. The number of alkyl halides is 1. The fraction of sp³-hybridized carbons (Fsp3) is 0.643. The first-order chi connectivity index (χ1) is 9.49. The van der Waals surface area contributed by atoms with E-state index in [0.717, 1.165) is 18.4 Å². The highest BCUT2D eigenvalue weighted by molar-refractivity contribution is 7.89. The molecule has 0 aliphatic rings. The molecule has 0 aliphatic carbocycles. The van der Waals surface area contributed by atoms with Crippen LogP contribution < -0.4 is 0 Å². The van der Waals surface area contributed by atoms with Gasteiger partial charge in [0.05, 0.1) is 0 Å². The number of rotatable bonds is 8. The first kappa shape index (κ1) is 17.4. The molecule has 1 heterocycles. The summed E-state index contributed by atoms with van der Waals surface area (Å²) in [7, 11) is -3.51. The molecule has 1 rings (SSSR count). The van der Waals surface area contributed by atoms with E-state index in [1.807, 2.05) is 6.92 Å². The Balaban J connectivity index is 2.98. The third-order valence-corrected chi connectivity index (χ3v) is 5.69. The number of halogens is 1. The monoisotopic (exact) mass is 318 g/mol. The first-order valence-electron chi connectivity index (χ1n) is 7.00. The van der Waals surface area contributed by atoms with Crippen molar-refractivity contribution in [3.8, 4) is 0 Å². The van der Waals surface area contributed by atoms with Crippen LogP contribution in [0.15, 0.2) is 23.4 Å². The van der Waals surface area contributed by atoms with Crippen LogP contribution in [0.3, 0.4) is 0 Å². The lowest BCUT2D eigenvalue weighted by Gasteiger charge is -2.24. The smallest absolute Gasteiger partial charge is 0.243 e. The molecule has 0 aromatic carbocycles. The Morgan fingerprint density at radius 2 is 1.90 bits per heavy atom. The van der Waals surface area contributed by atoms with Crippen LogP contribution in [0.25, 0.3) is 0 Å². The SMILES string of the molecule is CCC(CC)CN(CC)S(=O)(=O)c1ccc(CCl)cn1. The predicted octanol–water partition coefficient (Wildman–Crippen LogP) is 3.27. The Labute approximate surface area is 127 Å². The quantitative estimate of drug-likeness (QED) is 0.691. The minimum Gasteiger partial charge on any atom is -0.243 e. The molecule has 6 heteroatoms. The topological polar surface area (TPSA) is 50.3 Å². The van der Waals surface area contributed by atoms with Gasteiger partial charge < -0.3 is 0 Å². The van der Waals surface area contributed by atoms with Crippen LogP contribution in [-0.2, 0) is 15.9 Å². The highest BCUT2D eigenvalue weighted by Gasteiger charge is 2.26. The van der Waals surface area contributed by atoms with E-state index in [1.54, 1.807) is 6.07 Å². The average Bonchev–Trinajstić information content (AvgIpc) is 2.48. The Kier molecular flexibility index (Phi) is 6.92. The summed E-state index contributed by atoms with van der Waals surface area (Å²) in [5.41, 5.74) is 0.814. The number of sulfonamides is 1. The van der Waals surface area contributed by atoms with Gasteiger partial charge in [0.25, 0.3) is 10.0 Å². The van der Waals surface area contributed by atoms with Gasteiger partial charge >= 0.3 is 0 Å². The van der Waals surface area contributed by atoms with Crippen molar-refractivity contribution in [2.75, 3.05) is 13.1 Å². The van der Waals surface area contributed by atoms with Gasteiger partial charge in [0.1, 0.15) is 0 Å². The molecule has 0 spiro atoms. The molecule has 0 saturated heterocycles. The van der Waals surface area contributed by atoms with Gasteiger partial charge in [0, 0.05) is 25.2 Å². The van der Waals surface area contributed by atoms with E-state index in [0.29, 0.717) is 24.9 Å². The molecule has 1 aromatic rings. The fourth-order valence-corrected chi connectivity index (χ4v) is 3.60. The van der Waals surface area contributed by atoms with Crippen molar-refractivity contribution in [1.82, 2.24) is 9.29 Å². The number of aromatic nitrogens is 1. The number of hydrogen-bond donors (Lipinski definition) is 0. The Morgan fingerprint density at radius 3 is 2.30 bits per heavy atom. The highest BCUT2D eigenvalue weighted by Crippen LogP contribution is 2.18. The zero-order valence-electron chi connectivity index (χ0n) is 12.3. The van der Waals surface area contributed by atoms with Crippen molar-refractivity contribution in [3.63, 3.8) is 0 Å². The van der Waals surface area contributed by atoms with Gasteiger partial charge in [-0.3, -0.25) is 0 Å². The van der Waals surface area contributed by atoms with Crippen molar-refractivity contribution in [2.24, 2.45) is 5.92 Å². The van der Waals surface area contributed by atoms with E-state index >= 15 is 0 Å². The highest BCUT2D eigenvalue weighted by atomic mass is 35.5. The molecule has 0 aliphatic heterocycles. The van der Waals surface area contributed by atoms with Gasteiger partial charge in [0.2, 0.25) is 0 Å². The van der Waals surface area contributed by atoms with Gasteiger partial charge in [-0.15, -0.1) is 11.6 Å². The van der Waals surface area contributed by atoms with Crippen LogP contribution in [0, 0.1) is 5.92 Å². The van der Waals surface area contributed by atoms with Crippen LogP contribution >= 0.6 is 11.6 Å². The molecule has 1 aromatic heterocycles. The van der Waals surface area contributed by atoms with Crippen LogP contribution in [0.5, 0.6) is 0 Å². The summed E-state index contributed by atoms with van der Waals surface area (Å²) in [4.78, 5) is 4.03. The maximum atomic E-state index is 12.6. The second-order valence-electron chi connectivity index (χ2n) is 4.78. The maximum Gasteiger partial charge on any atom is 0.260 e. The molecule has 0 atom stereocenters. The lowest BCUT2D eigenvalue weighted by Crippen LogP contribution is -2.35. The Morgan fingerprint density at radius 1 is 1.25 bits per heavy atom. The van der Waals surface area contributed by atoms with Gasteiger partial charge in [-0.05, 0) is 17.5 Å². The second kappa shape index (κ2) is 7.96. The van der Waals surface area contributed by atoms with Crippen molar-refractivity contribution >= 4 is 21.6 Å². The summed E-state index contributed by atoms with van der Waals surface area (Å²) < 4.78 is 26.6. The van der Waals surface area contributed by atoms with Gasteiger partial charge in [-0.2, -0.15) is 4.31 Å². The molecule has 0 unspecified atom stereocenters. The molecule has 4 nitrogen and oxygen atoms in total. The Hall–Kier alpha value is -0.650. The minimum absolute atomic E-state index is 0.0965. The molecular weight excluding hydrogens is 296 g/mol. The molecule has 0 radical (unpaired) electrons.